The quantitative estimate of drug-likeness (QED) is 0.827. The first-order valence-corrected chi connectivity index (χ1v) is 8.88. The highest BCUT2D eigenvalue weighted by Gasteiger charge is 2.24. The standard InChI is InChI=1S/C13H18Cl2N2O2S/c14-11-6-10(16)7-12(15)13(11)20(18,19)17-8-9-4-2-1-3-5-9/h6-7,9,17H,1-5,8,16H2. The Morgan fingerprint density at radius 1 is 1.15 bits per heavy atom. The summed E-state index contributed by atoms with van der Waals surface area (Å²) in [5.74, 6) is 0.393. The molecule has 1 fully saturated rings. The first kappa shape index (κ1) is 15.9. The van der Waals surface area contributed by atoms with Gasteiger partial charge in [-0.3, -0.25) is 0 Å². The van der Waals surface area contributed by atoms with Crippen LogP contribution in [0.1, 0.15) is 32.1 Å². The lowest BCUT2D eigenvalue weighted by Crippen LogP contribution is -2.30. The third kappa shape index (κ3) is 3.79. The molecule has 112 valence electrons. The Morgan fingerprint density at radius 3 is 2.25 bits per heavy atom. The van der Waals surface area contributed by atoms with Gasteiger partial charge in [0.2, 0.25) is 10.0 Å². The molecule has 3 N–H and O–H groups in total. The number of sulfonamides is 1. The van der Waals surface area contributed by atoms with Crippen LogP contribution >= 0.6 is 23.2 Å². The van der Waals surface area contributed by atoms with Gasteiger partial charge in [0.05, 0.1) is 10.0 Å². The Bertz CT molecular complexity index is 561. The summed E-state index contributed by atoms with van der Waals surface area (Å²) in [6.45, 7) is 0.430. The zero-order valence-electron chi connectivity index (χ0n) is 11.0. The monoisotopic (exact) mass is 336 g/mol. The molecule has 0 aliphatic heterocycles. The van der Waals surface area contributed by atoms with Gasteiger partial charge < -0.3 is 5.73 Å². The second kappa shape index (κ2) is 6.52. The topological polar surface area (TPSA) is 72.2 Å². The van der Waals surface area contributed by atoms with Crippen molar-refractivity contribution in [1.82, 2.24) is 4.72 Å². The maximum atomic E-state index is 12.3. The molecule has 0 radical (unpaired) electrons. The van der Waals surface area contributed by atoms with Gasteiger partial charge in [-0.1, -0.05) is 42.5 Å². The number of nitrogen functional groups attached to an aromatic ring is 1. The number of nitrogens with two attached hydrogens (primary N) is 1. The van der Waals surface area contributed by atoms with Crippen LogP contribution in [0.3, 0.4) is 0 Å². The van der Waals surface area contributed by atoms with E-state index in [0.29, 0.717) is 18.2 Å². The molecule has 0 atom stereocenters. The maximum absolute atomic E-state index is 12.3. The van der Waals surface area contributed by atoms with Crippen molar-refractivity contribution in [2.24, 2.45) is 5.92 Å². The average molecular weight is 337 g/mol. The summed E-state index contributed by atoms with van der Waals surface area (Å²) < 4.78 is 27.2. The third-order valence-corrected chi connectivity index (χ3v) is 5.92. The molecule has 1 aliphatic carbocycles. The van der Waals surface area contributed by atoms with Crippen LogP contribution in [0.2, 0.25) is 10.0 Å². The highest BCUT2D eigenvalue weighted by molar-refractivity contribution is 7.89. The number of hydrogen-bond acceptors (Lipinski definition) is 3. The molecule has 0 aromatic heterocycles. The number of hydrogen-bond donors (Lipinski definition) is 2. The van der Waals surface area contributed by atoms with Crippen molar-refractivity contribution in [3.05, 3.63) is 22.2 Å². The molecular weight excluding hydrogens is 319 g/mol. The van der Waals surface area contributed by atoms with Crippen LogP contribution in [0.5, 0.6) is 0 Å². The minimum absolute atomic E-state index is 0.0474. The van der Waals surface area contributed by atoms with E-state index in [4.69, 9.17) is 28.9 Å². The number of rotatable bonds is 4. The van der Waals surface area contributed by atoms with Crippen molar-refractivity contribution in [2.75, 3.05) is 12.3 Å². The predicted octanol–water partition coefficient (Wildman–Crippen LogP) is 3.43. The molecule has 0 amide bonds. The van der Waals surface area contributed by atoms with Gasteiger partial charge >= 0.3 is 0 Å². The Labute approximate surface area is 129 Å². The molecule has 1 aromatic carbocycles. The SMILES string of the molecule is Nc1cc(Cl)c(S(=O)(=O)NCC2CCCCC2)c(Cl)c1. The highest BCUT2D eigenvalue weighted by atomic mass is 35.5. The summed E-state index contributed by atoms with van der Waals surface area (Å²) in [4.78, 5) is -0.0918. The van der Waals surface area contributed by atoms with Gasteiger partial charge in [0, 0.05) is 12.2 Å². The highest BCUT2D eigenvalue weighted by Crippen LogP contribution is 2.32. The van der Waals surface area contributed by atoms with Gasteiger partial charge in [0.25, 0.3) is 0 Å². The summed E-state index contributed by atoms with van der Waals surface area (Å²) in [6, 6.07) is 2.78. The predicted molar refractivity (Wildman–Crippen MR) is 82.6 cm³/mol. The second-order valence-electron chi connectivity index (χ2n) is 5.17. The Balaban J connectivity index is 2.14. The molecule has 0 heterocycles. The van der Waals surface area contributed by atoms with Crippen molar-refractivity contribution in [3.8, 4) is 0 Å². The fourth-order valence-electron chi connectivity index (χ4n) is 2.53. The van der Waals surface area contributed by atoms with E-state index in [0.717, 1.165) is 25.7 Å². The minimum Gasteiger partial charge on any atom is -0.399 e. The van der Waals surface area contributed by atoms with Crippen molar-refractivity contribution in [3.63, 3.8) is 0 Å². The van der Waals surface area contributed by atoms with Gasteiger partial charge in [0.15, 0.2) is 0 Å². The lowest BCUT2D eigenvalue weighted by molar-refractivity contribution is 0.357. The molecule has 0 bridgehead atoms. The van der Waals surface area contributed by atoms with Gasteiger partial charge in [-0.05, 0) is 30.9 Å². The van der Waals surface area contributed by atoms with E-state index in [1.54, 1.807) is 0 Å². The van der Waals surface area contributed by atoms with Crippen molar-refractivity contribution in [2.45, 2.75) is 37.0 Å². The van der Waals surface area contributed by atoms with Crippen LogP contribution < -0.4 is 10.5 Å². The molecule has 1 aliphatic rings. The van der Waals surface area contributed by atoms with Crippen LogP contribution in [-0.2, 0) is 10.0 Å². The van der Waals surface area contributed by atoms with E-state index in [1.165, 1.54) is 18.6 Å². The van der Waals surface area contributed by atoms with Crippen molar-refractivity contribution >= 4 is 38.9 Å². The Kier molecular flexibility index (Phi) is 5.18. The summed E-state index contributed by atoms with van der Waals surface area (Å²) in [7, 11) is -3.71. The number of halogens is 2. The van der Waals surface area contributed by atoms with Crippen LogP contribution in [0.4, 0.5) is 5.69 Å². The largest absolute Gasteiger partial charge is 0.399 e. The first-order chi connectivity index (χ1) is 9.40. The van der Waals surface area contributed by atoms with Crippen molar-refractivity contribution in [1.29, 1.82) is 0 Å². The molecule has 0 saturated heterocycles. The van der Waals surface area contributed by atoms with Crippen LogP contribution in [0, 0.1) is 5.92 Å². The number of anilines is 1. The molecule has 20 heavy (non-hydrogen) atoms. The summed E-state index contributed by atoms with van der Waals surface area (Å²) in [5.41, 5.74) is 5.92. The summed E-state index contributed by atoms with van der Waals surface area (Å²) in [5, 5.41) is 0.0947. The van der Waals surface area contributed by atoms with E-state index in [-0.39, 0.29) is 14.9 Å². The van der Waals surface area contributed by atoms with Crippen molar-refractivity contribution < 1.29 is 8.42 Å². The van der Waals surface area contributed by atoms with Gasteiger partial charge in [-0.25, -0.2) is 13.1 Å². The second-order valence-corrected chi connectivity index (χ2v) is 7.69. The number of benzene rings is 1. The molecule has 1 saturated carbocycles. The van der Waals surface area contributed by atoms with Crippen LogP contribution in [0.15, 0.2) is 17.0 Å². The summed E-state index contributed by atoms with van der Waals surface area (Å²) in [6.07, 6.45) is 5.68. The van der Waals surface area contributed by atoms with E-state index < -0.39 is 10.0 Å². The molecule has 1 aromatic rings. The van der Waals surface area contributed by atoms with Gasteiger partial charge in [0.1, 0.15) is 4.90 Å². The number of nitrogens with one attached hydrogen (secondary N) is 1. The third-order valence-electron chi connectivity index (χ3n) is 3.58. The van der Waals surface area contributed by atoms with Crippen LogP contribution in [-0.4, -0.2) is 15.0 Å². The van der Waals surface area contributed by atoms with E-state index >= 15 is 0 Å². The Hall–Kier alpha value is -0.490. The lowest BCUT2D eigenvalue weighted by atomic mass is 9.90. The zero-order chi connectivity index (χ0) is 14.8. The lowest BCUT2D eigenvalue weighted by Gasteiger charge is -2.22. The summed E-state index contributed by atoms with van der Waals surface area (Å²) >= 11 is 11.9. The Morgan fingerprint density at radius 2 is 1.70 bits per heavy atom. The maximum Gasteiger partial charge on any atom is 0.243 e. The molecule has 2 rings (SSSR count). The molecule has 0 spiro atoms. The van der Waals surface area contributed by atoms with Gasteiger partial charge in [-0.15, -0.1) is 0 Å². The fraction of sp³-hybridized carbons (Fsp3) is 0.538. The molecular formula is C13H18Cl2N2O2S. The smallest absolute Gasteiger partial charge is 0.243 e. The van der Waals surface area contributed by atoms with Gasteiger partial charge in [-0.2, -0.15) is 0 Å². The fourth-order valence-corrected chi connectivity index (χ4v) is 4.87. The van der Waals surface area contributed by atoms with Crippen LogP contribution in [0.25, 0.3) is 0 Å². The molecule has 7 heteroatoms. The zero-order valence-corrected chi connectivity index (χ0v) is 13.4. The van der Waals surface area contributed by atoms with E-state index in [1.807, 2.05) is 0 Å². The molecule has 4 nitrogen and oxygen atoms in total. The first-order valence-electron chi connectivity index (χ1n) is 6.64. The molecule has 0 unspecified atom stereocenters. The van der Waals surface area contributed by atoms with E-state index in [2.05, 4.69) is 4.72 Å². The van der Waals surface area contributed by atoms with E-state index in [9.17, 15) is 8.42 Å². The average Bonchev–Trinajstić information content (AvgIpc) is 2.36. The normalized spacial score (nSPS) is 17.3. The minimum atomic E-state index is -3.71.